The van der Waals surface area contributed by atoms with Crippen LogP contribution in [0.4, 0.5) is 11.4 Å². The van der Waals surface area contributed by atoms with Crippen molar-refractivity contribution in [2.45, 2.75) is 31.2 Å². The lowest BCUT2D eigenvalue weighted by atomic mass is 10.2. The molecule has 0 aliphatic heterocycles. The van der Waals surface area contributed by atoms with E-state index in [0.29, 0.717) is 17.8 Å². The molecule has 26 heavy (non-hydrogen) atoms. The number of benzene rings is 2. The average molecular weight is 393 g/mol. The van der Waals surface area contributed by atoms with Gasteiger partial charge in [0.25, 0.3) is 0 Å². The molecule has 1 N–H and O–H groups in total. The number of sulfonamides is 1. The second kappa shape index (κ2) is 9.09. The Morgan fingerprint density at radius 1 is 1.08 bits per heavy atom. The highest BCUT2D eigenvalue weighted by Crippen LogP contribution is 2.28. The van der Waals surface area contributed by atoms with Gasteiger partial charge in [-0.3, -0.25) is 9.10 Å². The van der Waals surface area contributed by atoms with Crippen LogP contribution in [0.2, 0.25) is 0 Å². The van der Waals surface area contributed by atoms with E-state index in [2.05, 4.69) is 5.32 Å². The van der Waals surface area contributed by atoms with E-state index in [1.807, 2.05) is 37.3 Å². The third-order valence-corrected chi connectivity index (χ3v) is 5.92. The van der Waals surface area contributed by atoms with Gasteiger partial charge in [0.05, 0.1) is 17.6 Å². The second-order valence-electron chi connectivity index (χ2n) is 5.74. The number of para-hydroxylation sites is 2. The minimum atomic E-state index is -3.62. The third-order valence-electron chi connectivity index (χ3n) is 3.79. The molecular formula is C19H24N2O3S2. The Hall–Kier alpha value is -1.99. The fraction of sp³-hybridized carbons (Fsp3) is 0.316. The number of hydrogen-bond donors (Lipinski definition) is 1. The van der Waals surface area contributed by atoms with Gasteiger partial charge in [-0.25, -0.2) is 8.42 Å². The summed E-state index contributed by atoms with van der Waals surface area (Å²) >= 11 is 1.63. The number of carbonyl (C=O) groups excluding carboxylic acids is 1. The molecule has 0 aliphatic rings. The molecule has 5 nitrogen and oxygen atoms in total. The Kier molecular flexibility index (Phi) is 7.11. The largest absolute Gasteiger partial charge is 0.323 e. The van der Waals surface area contributed by atoms with Crippen LogP contribution in [0.15, 0.2) is 59.5 Å². The molecule has 0 saturated heterocycles. The van der Waals surface area contributed by atoms with Gasteiger partial charge in [0.1, 0.15) is 6.04 Å². The number of thioether (sulfide) groups is 1. The van der Waals surface area contributed by atoms with Crippen LogP contribution in [0.25, 0.3) is 0 Å². The molecule has 2 rings (SSSR count). The third kappa shape index (κ3) is 5.02. The fourth-order valence-electron chi connectivity index (χ4n) is 2.70. The minimum Gasteiger partial charge on any atom is -0.323 e. The van der Waals surface area contributed by atoms with Crippen LogP contribution in [-0.4, -0.2) is 32.4 Å². The van der Waals surface area contributed by atoms with Crippen molar-refractivity contribution < 1.29 is 13.2 Å². The molecule has 7 heteroatoms. The van der Waals surface area contributed by atoms with Crippen molar-refractivity contribution in [1.82, 2.24) is 0 Å². The van der Waals surface area contributed by atoms with E-state index in [4.69, 9.17) is 0 Å². The number of nitrogens with one attached hydrogen (secondary N) is 1. The van der Waals surface area contributed by atoms with Gasteiger partial charge in [0.15, 0.2) is 0 Å². The van der Waals surface area contributed by atoms with Gasteiger partial charge >= 0.3 is 0 Å². The number of amides is 1. The maximum absolute atomic E-state index is 12.9. The summed E-state index contributed by atoms with van der Waals surface area (Å²) in [4.78, 5) is 13.9. The lowest BCUT2D eigenvalue weighted by Gasteiger charge is -2.30. The summed E-state index contributed by atoms with van der Waals surface area (Å²) < 4.78 is 26.0. The molecular weight excluding hydrogens is 368 g/mol. The van der Waals surface area contributed by atoms with Crippen LogP contribution in [0.1, 0.15) is 20.3 Å². The summed E-state index contributed by atoms with van der Waals surface area (Å²) in [6.07, 6.45) is 1.48. The molecule has 1 atom stereocenters. The maximum atomic E-state index is 12.9. The summed E-state index contributed by atoms with van der Waals surface area (Å²) in [6, 6.07) is 15.4. The number of carbonyl (C=O) groups is 1. The average Bonchev–Trinajstić information content (AvgIpc) is 2.61. The summed E-state index contributed by atoms with van der Waals surface area (Å²) in [5.41, 5.74) is 1.18. The van der Waals surface area contributed by atoms with E-state index in [9.17, 15) is 13.2 Å². The Balaban J connectivity index is 2.35. The number of rotatable bonds is 8. The lowest BCUT2D eigenvalue weighted by Crippen LogP contribution is -2.47. The van der Waals surface area contributed by atoms with Gasteiger partial charge in [-0.05, 0) is 36.4 Å². The normalized spacial score (nSPS) is 12.4. The highest BCUT2D eigenvalue weighted by molar-refractivity contribution is 7.99. The Morgan fingerprint density at radius 2 is 1.69 bits per heavy atom. The van der Waals surface area contributed by atoms with E-state index in [1.54, 1.807) is 43.0 Å². The smallest absolute Gasteiger partial charge is 0.248 e. The van der Waals surface area contributed by atoms with Crippen molar-refractivity contribution >= 4 is 39.1 Å². The first-order valence-electron chi connectivity index (χ1n) is 8.45. The van der Waals surface area contributed by atoms with Crippen molar-refractivity contribution in [3.8, 4) is 0 Å². The van der Waals surface area contributed by atoms with Gasteiger partial charge in [0.2, 0.25) is 15.9 Å². The van der Waals surface area contributed by atoms with Gasteiger partial charge in [-0.1, -0.05) is 44.2 Å². The zero-order chi connectivity index (χ0) is 19.2. The van der Waals surface area contributed by atoms with Crippen LogP contribution in [0.5, 0.6) is 0 Å². The molecule has 1 amide bonds. The molecule has 140 valence electrons. The molecule has 0 bridgehead atoms. The van der Waals surface area contributed by atoms with E-state index in [-0.39, 0.29) is 5.91 Å². The number of anilines is 2. The number of nitrogens with zero attached hydrogens (tertiary/aromatic N) is 1. The van der Waals surface area contributed by atoms with Crippen molar-refractivity contribution in [2.24, 2.45) is 0 Å². The monoisotopic (exact) mass is 392 g/mol. The molecule has 2 aromatic rings. The van der Waals surface area contributed by atoms with Crippen molar-refractivity contribution in [2.75, 3.05) is 21.6 Å². The maximum Gasteiger partial charge on any atom is 0.248 e. The quantitative estimate of drug-likeness (QED) is 0.690. The van der Waals surface area contributed by atoms with Crippen LogP contribution in [-0.2, 0) is 14.8 Å². The number of hydrogen-bond acceptors (Lipinski definition) is 4. The SMILES string of the molecule is CCSc1ccccc1NC(=O)[C@H](CC)N(c1ccccc1)S(C)(=O)=O. The molecule has 0 unspecified atom stereocenters. The predicted octanol–water partition coefficient (Wildman–Crippen LogP) is 3.98. The van der Waals surface area contributed by atoms with E-state index in [1.165, 1.54) is 4.31 Å². The summed E-state index contributed by atoms with van der Waals surface area (Å²) in [6.45, 7) is 3.84. The zero-order valence-corrected chi connectivity index (χ0v) is 16.8. The highest BCUT2D eigenvalue weighted by Gasteiger charge is 2.31. The zero-order valence-electron chi connectivity index (χ0n) is 15.2. The Labute approximate surface area is 159 Å². The highest BCUT2D eigenvalue weighted by atomic mass is 32.2. The first-order valence-corrected chi connectivity index (χ1v) is 11.3. The first kappa shape index (κ1) is 20.3. The van der Waals surface area contributed by atoms with Crippen LogP contribution in [0, 0.1) is 0 Å². The first-order chi connectivity index (χ1) is 12.4. The summed E-state index contributed by atoms with van der Waals surface area (Å²) in [5, 5.41) is 2.90. The lowest BCUT2D eigenvalue weighted by molar-refractivity contribution is -0.117. The summed E-state index contributed by atoms with van der Waals surface area (Å²) in [7, 11) is -3.62. The molecule has 0 heterocycles. The Bertz CT molecular complexity index is 839. The van der Waals surface area contributed by atoms with Gasteiger partial charge in [-0.15, -0.1) is 11.8 Å². The summed E-state index contributed by atoms with van der Waals surface area (Å²) in [5.74, 6) is 0.537. The van der Waals surface area contributed by atoms with Crippen LogP contribution >= 0.6 is 11.8 Å². The molecule has 0 radical (unpaired) electrons. The van der Waals surface area contributed by atoms with Crippen LogP contribution in [0.3, 0.4) is 0 Å². The van der Waals surface area contributed by atoms with E-state index >= 15 is 0 Å². The molecule has 0 aliphatic carbocycles. The molecule has 0 saturated carbocycles. The predicted molar refractivity (Wildman–Crippen MR) is 109 cm³/mol. The molecule has 2 aromatic carbocycles. The standard InChI is InChI=1S/C19H24N2O3S2/c1-4-17(21(26(3,23)24)15-11-7-6-8-12-15)19(22)20-16-13-9-10-14-18(16)25-5-2/h6-14,17H,4-5H2,1-3H3,(H,20,22)/t17-/m0/s1. The topological polar surface area (TPSA) is 66.5 Å². The van der Waals surface area contributed by atoms with E-state index in [0.717, 1.165) is 16.9 Å². The van der Waals surface area contributed by atoms with Gasteiger partial charge < -0.3 is 5.32 Å². The van der Waals surface area contributed by atoms with Gasteiger partial charge in [-0.2, -0.15) is 0 Å². The molecule has 0 fully saturated rings. The van der Waals surface area contributed by atoms with E-state index < -0.39 is 16.1 Å². The second-order valence-corrected chi connectivity index (χ2v) is 8.90. The van der Waals surface area contributed by atoms with Crippen molar-refractivity contribution in [3.63, 3.8) is 0 Å². The fourth-order valence-corrected chi connectivity index (χ4v) is 4.67. The molecule has 0 aromatic heterocycles. The van der Waals surface area contributed by atoms with Crippen molar-refractivity contribution in [1.29, 1.82) is 0 Å². The van der Waals surface area contributed by atoms with Crippen LogP contribution < -0.4 is 9.62 Å². The Morgan fingerprint density at radius 3 is 2.27 bits per heavy atom. The van der Waals surface area contributed by atoms with Gasteiger partial charge in [0, 0.05) is 4.90 Å². The van der Waals surface area contributed by atoms with Crippen molar-refractivity contribution in [3.05, 3.63) is 54.6 Å². The molecule has 0 spiro atoms. The minimum absolute atomic E-state index is 0.342.